The van der Waals surface area contributed by atoms with Crippen LogP contribution in [0, 0.1) is 0 Å². The topological polar surface area (TPSA) is 96.2 Å². The molecule has 0 aliphatic carbocycles. The maximum atomic E-state index is 11.5. The van der Waals surface area contributed by atoms with Crippen LogP contribution in [0.25, 0.3) is 0 Å². The average molecular weight is 228 g/mol. The summed E-state index contributed by atoms with van der Waals surface area (Å²) in [4.78, 5) is 15.1. The monoisotopic (exact) mass is 228 g/mol. The van der Waals surface area contributed by atoms with Crippen molar-refractivity contribution in [3.63, 3.8) is 0 Å². The molecule has 1 aromatic heterocycles. The summed E-state index contributed by atoms with van der Waals surface area (Å²) < 4.78 is 6.97. The Kier molecular flexibility index (Phi) is 2.94. The molecule has 2 atom stereocenters. The second kappa shape index (κ2) is 4.21. The van der Waals surface area contributed by atoms with Crippen LogP contribution in [0.5, 0.6) is 0 Å². The summed E-state index contributed by atoms with van der Waals surface area (Å²) in [5, 5.41) is 0. The van der Waals surface area contributed by atoms with Gasteiger partial charge in [-0.05, 0) is 6.07 Å². The number of hydrogen-bond donors (Lipinski definition) is 2. The van der Waals surface area contributed by atoms with Gasteiger partial charge < -0.3 is 16.2 Å². The maximum Gasteiger partial charge on any atom is 0.351 e. The van der Waals surface area contributed by atoms with E-state index in [-0.39, 0.29) is 17.5 Å². The highest BCUT2D eigenvalue weighted by Crippen LogP contribution is 2.29. The third-order valence-electron chi connectivity index (χ3n) is 2.09. The van der Waals surface area contributed by atoms with E-state index in [4.69, 9.17) is 16.2 Å². The van der Waals surface area contributed by atoms with E-state index in [1.165, 1.54) is 4.57 Å². The number of aromatic nitrogens is 2. The number of hydrogen-bond acceptors (Lipinski definition) is 6. The average Bonchev–Trinajstić information content (AvgIpc) is 2.66. The van der Waals surface area contributed by atoms with E-state index in [9.17, 15) is 4.79 Å². The van der Waals surface area contributed by atoms with Gasteiger partial charge in [0.25, 0.3) is 0 Å². The van der Waals surface area contributed by atoms with Gasteiger partial charge >= 0.3 is 5.69 Å². The summed E-state index contributed by atoms with van der Waals surface area (Å²) in [7, 11) is 0. The standard InChI is InChI=1S/C8H12N4O2S/c9-3-7-14-6(4-15-7)12-2-1-5(10)11-8(12)13/h1-2,6-7H,3-4,9H2,(H2,10,11,13)/t6?,7-/m0/s1. The summed E-state index contributed by atoms with van der Waals surface area (Å²) in [5.41, 5.74) is 10.4. The molecule has 1 aromatic rings. The number of nitrogens with two attached hydrogens (primary N) is 2. The number of ether oxygens (including phenoxy) is 1. The normalized spacial score (nSPS) is 25.7. The summed E-state index contributed by atoms with van der Waals surface area (Å²) >= 11 is 1.59. The molecule has 0 spiro atoms. The second-order valence-corrected chi connectivity index (χ2v) is 4.32. The van der Waals surface area contributed by atoms with Crippen LogP contribution >= 0.6 is 11.8 Å². The zero-order valence-electron chi connectivity index (χ0n) is 8.00. The molecule has 2 heterocycles. The predicted molar refractivity (Wildman–Crippen MR) is 58.3 cm³/mol. The van der Waals surface area contributed by atoms with Gasteiger partial charge in [0.15, 0.2) is 0 Å². The highest BCUT2D eigenvalue weighted by Gasteiger charge is 2.26. The van der Waals surface area contributed by atoms with Crippen LogP contribution < -0.4 is 17.2 Å². The van der Waals surface area contributed by atoms with Crippen LogP contribution in [-0.4, -0.2) is 27.3 Å². The first-order valence-electron chi connectivity index (χ1n) is 4.52. The minimum atomic E-state index is -0.390. The molecule has 6 nitrogen and oxygen atoms in total. The Bertz CT molecular complexity index is 408. The molecular formula is C8H12N4O2S. The summed E-state index contributed by atoms with van der Waals surface area (Å²) in [6, 6.07) is 1.57. The Balaban J connectivity index is 2.20. The van der Waals surface area contributed by atoms with Crippen LogP contribution in [-0.2, 0) is 4.74 Å². The first-order chi connectivity index (χ1) is 7.20. The van der Waals surface area contributed by atoms with Crippen molar-refractivity contribution >= 4 is 17.6 Å². The van der Waals surface area contributed by atoms with E-state index in [0.29, 0.717) is 12.3 Å². The van der Waals surface area contributed by atoms with Crippen molar-refractivity contribution in [1.29, 1.82) is 0 Å². The molecule has 0 bridgehead atoms. The molecule has 1 aliphatic heterocycles. The Morgan fingerprint density at radius 1 is 1.73 bits per heavy atom. The lowest BCUT2D eigenvalue weighted by atomic mass is 10.5. The lowest BCUT2D eigenvalue weighted by Gasteiger charge is -2.13. The summed E-state index contributed by atoms with van der Waals surface area (Å²) in [5.74, 6) is 0.921. The van der Waals surface area contributed by atoms with Crippen molar-refractivity contribution in [3.8, 4) is 0 Å². The van der Waals surface area contributed by atoms with Crippen molar-refractivity contribution in [2.75, 3.05) is 18.0 Å². The Morgan fingerprint density at radius 2 is 2.53 bits per heavy atom. The fourth-order valence-corrected chi connectivity index (χ4v) is 2.32. The van der Waals surface area contributed by atoms with E-state index >= 15 is 0 Å². The Morgan fingerprint density at radius 3 is 3.13 bits per heavy atom. The number of nitrogens with zero attached hydrogens (tertiary/aromatic N) is 2. The SMILES string of the molecule is NC[C@H]1OC(n2ccc(N)nc2=O)CS1. The van der Waals surface area contributed by atoms with Crippen LogP contribution in [0.4, 0.5) is 5.82 Å². The molecule has 0 radical (unpaired) electrons. The minimum Gasteiger partial charge on any atom is -0.383 e. The molecule has 1 fully saturated rings. The van der Waals surface area contributed by atoms with E-state index < -0.39 is 5.69 Å². The second-order valence-electron chi connectivity index (χ2n) is 3.13. The fourth-order valence-electron chi connectivity index (χ4n) is 1.36. The number of thioether (sulfide) groups is 1. The molecule has 0 amide bonds. The lowest BCUT2D eigenvalue weighted by Crippen LogP contribution is -2.29. The molecular weight excluding hydrogens is 216 g/mol. The van der Waals surface area contributed by atoms with E-state index in [1.807, 2.05) is 0 Å². The minimum absolute atomic E-state index is 0.0422. The molecule has 1 saturated heterocycles. The molecule has 0 saturated carbocycles. The van der Waals surface area contributed by atoms with Crippen LogP contribution in [0.15, 0.2) is 17.1 Å². The van der Waals surface area contributed by atoms with Crippen LogP contribution in [0.3, 0.4) is 0 Å². The molecule has 1 aliphatic rings. The first-order valence-corrected chi connectivity index (χ1v) is 5.57. The Hall–Kier alpha value is -1.05. The molecule has 1 unspecified atom stereocenters. The molecule has 2 rings (SSSR count). The number of anilines is 1. The van der Waals surface area contributed by atoms with Gasteiger partial charge in [-0.2, -0.15) is 4.98 Å². The number of nitrogen functional groups attached to an aromatic ring is 1. The van der Waals surface area contributed by atoms with Gasteiger partial charge in [0.2, 0.25) is 0 Å². The van der Waals surface area contributed by atoms with Gasteiger partial charge in [0, 0.05) is 18.5 Å². The van der Waals surface area contributed by atoms with Crippen molar-refractivity contribution in [1.82, 2.24) is 9.55 Å². The van der Waals surface area contributed by atoms with Gasteiger partial charge in [0.1, 0.15) is 17.5 Å². The van der Waals surface area contributed by atoms with Gasteiger partial charge in [0.05, 0.1) is 0 Å². The van der Waals surface area contributed by atoms with Crippen molar-refractivity contribution < 1.29 is 4.74 Å². The van der Waals surface area contributed by atoms with Gasteiger partial charge in [-0.1, -0.05) is 0 Å². The summed E-state index contributed by atoms with van der Waals surface area (Å²) in [6.45, 7) is 0.443. The number of rotatable bonds is 2. The summed E-state index contributed by atoms with van der Waals surface area (Å²) in [6.07, 6.45) is 1.30. The zero-order chi connectivity index (χ0) is 10.8. The quantitative estimate of drug-likeness (QED) is 0.699. The third kappa shape index (κ3) is 2.14. The van der Waals surface area contributed by atoms with Gasteiger partial charge in [-0.15, -0.1) is 11.8 Å². The van der Waals surface area contributed by atoms with Crippen LogP contribution in [0.1, 0.15) is 6.23 Å². The molecule has 15 heavy (non-hydrogen) atoms. The maximum absolute atomic E-state index is 11.5. The molecule has 82 valence electrons. The van der Waals surface area contributed by atoms with Gasteiger partial charge in [-0.3, -0.25) is 4.57 Å². The molecule has 4 N–H and O–H groups in total. The highest BCUT2D eigenvalue weighted by molar-refractivity contribution is 8.00. The van der Waals surface area contributed by atoms with E-state index in [2.05, 4.69) is 4.98 Å². The van der Waals surface area contributed by atoms with Crippen molar-refractivity contribution in [2.24, 2.45) is 5.73 Å². The van der Waals surface area contributed by atoms with Crippen molar-refractivity contribution in [2.45, 2.75) is 11.7 Å². The molecule has 0 aromatic carbocycles. The first kappa shape index (κ1) is 10.5. The fraction of sp³-hybridized carbons (Fsp3) is 0.500. The third-order valence-corrected chi connectivity index (χ3v) is 3.24. The zero-order valence-corrected chi connectivity index (χ0v) is 8.81. The Labute approximate surface area is 90.6 Å². The predicted octanol–water partition coefficient (Wildman–Crippen LogP) is -0.628. The van der Waals surface area contributed by atoms with Crippen molar-refractivity contribution in [3.05, 3.63) is 22.7 Å². The lowest BCUT2D eigenvalue weighted by molar-refractivity contribution is 0.0198. The van der Waals surface area contributed by atoms with E-state index in [1.54, 1.807) is 24.0 Å². The molecule has 7 heteroatoms. The van der Waals surface area contributed by atoms with Crippen LogP contribution in [0.2, 0.25) is 0 Å². The van der Waals surface area contributed by atoms with Gasteiger partial charge in [-0.25, -0.2) is 4.79 Å². The largest absolute Gasteiger partial charge is 0.383 e. The highest BCUT2D eigenvalue weighted by atomic mass is 32.2. The smallest absolute Gasteiger partial charge is 0.351 e. The van der Waals surface area contributed by atoms with E-state index in [0.717, 1.165) is 0 Å².